The zero-order valence-corrected chi connectivity index (χ0v) is 12.0. The molecule has 1 heterocycles. The van der Waals surface area contributed by atoms with Crippen molar-refractivity contribution in [1.29, 1.82) is 0 Å². The molecule has 0 bridgehead atoms. The Balaban J connectivity index is 2.21. The molecule has 0 radical (unpaired) electrons. The molecule has 1 aromatic rings. The van der Waals surface area contributed by atoms with Gasteiger partial charge in [-0.05, 0) is 62.0 Å². The lowest BCUT2D eigenvalue weighted by molar-refractivity contribution is 0.376. The number of benzene rings is 1. The van der Waals surface area contributed by atoms with E-state index in [0.29, 0.717) is 15.8 Å². The highest BCUT2D eigenvalue weighted by Gasteiger charge is 2.16. The van der Waals surface area contributed by atoms with Crippen molar-refractivity contribution in [3.63, 3.8) is 0 Å². The van der Waals surface area contributed by atoms with Gasteiger partial charge in [-0.1, -0.05) is 11.6 Å². The first kappa shape index (κ1) is 13.8. The van der Waals surface area contributed by atoms with Gasteiger partial charge in [0.25, 0.3) is 0 Å². The minimum atomic E-state index is -3.16. The summed E-state index contributed by atoms with van der Waals surface area (Å²) in [6.07, 6.45) is 4.41. The Bertz CT molecular complexity index is 522. The minimum absolute atomic E-state index is 0.352. The van der Waals surface area contributed by atoms with Crippen LogP contribution in [0.3, 0.4) is 0 Å². The summed E-state index contributed by atoms with van der Waals surface area (Å²) in [5, 5.41) is 4.02. The first-order valence-corrected chi connectivity index (χ1v) is 8.43. The van der Waals surface area contributed by atoms with Crippen LogP contribution in [0, 0.1) is 5.92 Å². The van der Waals surface area contributed by atoms with Crippen LogP contribution in [0.25, 0.3) is 0 Å². The number of hydrogen-bond acceptors (Lipinski definition) is 3. The fourth-order valence-corrected chi connectivity index (χ4v) is 3.21. The predicted octanol–water partition coefficient (Wildman–Crippen LogP) is 2.29. The second kappa shape index (κ2) is 5.59. The molecule has 0 aromatic heterocycles. The molecule has 1 aliphatic rings. The van der Waals surface area contributed by atoms with Crippen LogP contribution in [0.2, 0.25) is 5.02 Å². The van der Waals surface area contributed by atoms with Gasteiger partial charge >= 0.3 is 0 Å². The molecule has 1 N–H and O–H groups in total. The Morgan fingerprint density at radius 1 is 1.44 bits per heavy atom. The quantitative estimate of drug-likeness (QED) is 0.928. The largest absolute Gasteiger partial charge is 0.316 e. The van der Waals surface area contributed by atoms with Crippen molar-refractivity contribution in [2.75, 3.05) is 19.3 Å². The lowest BCUT2D eigenvalue weighted by atomic mass is 9.92. The lowest BCUT2D eigenvalue weighted by Gasteiger charge is -2.23. The van der Waals surface area contributed by atoms with Gasteiger partial charge in [0.15, 0.2) is 9.84 Å². The molecule has 0 aliphatic carbocycles. The molecule has 0 spiro atoms. The summed E-state index contributed by atoms with van der Waals surface area (Å²) in [5.41, 5.74) is 0.938. The normalized spacial score (nSPS) is 20.9. The van der Waals surface area contributed by atoms with Crippen LogP contribution in [0.1, 0.15) is 18.4 Å². The maximum atomic E-state index is 11.5. The molecular formula is C13H18ClNO2S. The molecule has 18 heavy (non-hydrogen) atoms. The third kappa shape index (κ3) is 3.46. The molecule has 3 nitrogen and oxygen atoms in total. The van der Waals surface area contributed by atoms with Gasteiger partial charge in [0.1, 0.15) is 0 Å². The van der Waals surface area contributed by atoms with E-state index in [1.165, 1.54) is 19.1 Å². The van der Waals surface area contributed by atoms with E-state index in [2.05, 4.69) is 5.32 Å². The van der Waals surface area contributed by atoms with E-state index in [1.807, 2.05) is 0 Å². The number of nitrogens with one attached hydrogen (secondary N) is 1. The third-order valence-electron chi connectivity index (χ3n) is 3.35. The summed E-state index contributed by atoms with van der Waals surface area (Å²) >= 11 is 6.15. The van der Waals surface area contributed by atoms with Gasteiger partial charge in [-0.15, -0.1) is 0 Å². The highest BCUT2D eigenvalue weighted by Crippen LogP contribution is 2.25. The van der Waals surface area contributed by atoms with Crippen LogP contribution in [0.15, 0.2) is 23.1 Å². The van der Waals surface area contributed by atoms with Gasteiger partial charge in [0.05, 0.1) is 4.90 Å². The molecule has 1 saturated heterocycles. The van der Waals surface area contributed by atoms with Crippen molar-refractivity contribution >= 4 is 21.4 Å². The Morgan fingerprint density at radius 3 is 2.83 bits per heavy atom. The zero-order chi connectivity index (χ0) is 13.2. The van der Waals surface area contributed by atoms with Crippen molar-refractivity contribution in [2.24, 2.45) is 5.92 Å². The van der Waals surface area contributed by atoms with E-state index in [-0.39, 0.29) is 0 Å². The third-order valence-corrected chi connectivity index (χ3v) is 4.83. The number of piperidine rings is 1. The average Bonchev–Trinajstić information content (AvgIpc) is 2.32. The average molecular weight is 288 g/mol. The Labute approximate surface area is 113 Å². The lowest BCUT2D eigenvalue weighted by Crippen LogP contribution is -2.30. The van der Waals surface area contributed by atoms with Crippen molar-refractivity contribution in [3.8, 4) is 0 Å². The standard InChI is InChI=1S/C13H18ClNO2S/c1-18(16,17)12-4-5-13(14)11(8-12)7-10-3-2-6-15-9-10/h4-5,8,10,15H,2-3,6-7,9H2,1H3. The summed E-state index contributed by atoms with van der Waals surface area (Å²) in [6.45, 7) is 2.06. The number of halogens is 1. The second-order valence-electron chi connectivity index (χ2n) is 4.94. The maximum absolute atomic E-state index is 11.5. The van der Waals surface area contributed by atoms with E-state index in [0.717, 1.165) is 25.1 Å². The number of sulfone groups is 1. The molecule has 0 saturated carbocycles. The molecule has 1 atom stereocenters. The zero-order valence-electron chi connectivity index (χ0n) is 10.4. The fourth-order valence-electron chi connectivity index (χ4n) is 2.35. The number of rotatable bonds is 3. The molecule has 1 unspecified atom stereocenters. The Kier molecular flexibility index (Phi) is 4.30. The maximum Gasteiger partial charge on any atom is 0.175 e. The van der Waals surface area contributed by atoms with Crippen molar-refractivity contribution in [2.45, 2.75) is 24.2 Å². The van der Waals surface area contributed by atoms with Crippen LogP contribution in [-0.4, -0.2) is 27.8 Å². The summed E-state index contributed by atoms with van der Waals surface area (Å²) < 4.78 is 23.1. The van der Waals surface area contributed by atoms with Gasteiger partial charge in [-0.2, -0.15) is 0 Å². The van der Waals surface area contributed by atoms with E-state index >= 15 is 0 Å². The van der Waals surface area contributed by atoms with E-state index in [1.54, 1.807) is 18.2 Å². The van der Waals surface area contributed by atoms with Crippen molar-refractivity contribution < 1.29 is 8.42 Å². The van der Waals surface area contributed by atoms with Crippen LogP contribution in [0.5, 0.6) is 0 Å². The predicted molar refractivity (Wildman–Crippen MR) is 73.9 cm³/mol. The summed E-state index contributed by atoms with van der Waals surface area (Å²) in [5.74, 6) is 0.547. The van der Waals surface area contributed by atoms with Crippen LogP contribution in [-0.2, 0) is 16.3 Å². The van der Waals surface area contributed by atoms with E-state index < -0.39 is 9.84 Å². The summed E-state index contributed by atoms with van der Waals surface area (Å²) in [4.78, 5) is 0.352. The highest BCUT2D eigenvalue weighted by atomic mass is 35.5. The van der Waals surface area contributed by atoms with Gasteiger partial charge in [0.2, 0.25) is 0 Å². The smallest absolute Gasteiger partial charge is 0.175 e. The first-order valence-electron chi connectivity index (χ1n) is 6.16. The Hall–Kier alpha value is -0.580. The van der Waals surface area contributed by atoms with Gasteiger partial charge in [-0.25, -0.2) is 8.42 Å². The molecule has 1 aliphatic heterocycles. The molecule has 100 valence electrons. The monoisotopic (exact) mass is 287 g/mol. The van der Waals surface area contributed by atoms with Gasteiger partial charge in [-0.3, -0.25) is 0 Å². The van der Waals surface area contributed by atoms with Crippen LogP contribution in [0.4, 0.5) is 0 Å². The van der Waals surface area contributed by atoms with Gasteiger partial charge < -0.3 is 5.32 Å². The van der Waals surface area contributed by atoms with Crippen molar-refractivity contribution in [3.05, 3.63) is 28.8 Å². The highest BCUT2D eigenvalue weighted by molar-refractivity contribution is 7.90. The summed E-state index contributed by atoms with van der Waals surface area (Å²) in [6, 6.07) is 4.97. The molecule has 5 heteroatoms. The first-order chi connectivity index (χ1) is 8.47. The van der Waals surface area contributed by atoms with E-state index in [9.17, 15) is 8.42 Å². The summed E-state index contributed by atoms with van der Waals surface area (Å²) in [7, 11) is -3.16. The fraction of sp³-hybridized carbons (Fsp3) is 0.538. The molecule has 2 rings (SSSR count). The molecular weight excluding hydrogens is 270 g/mol. The van der Waals surface area contributed by atoms with Crippen molar-refractivity contribution in [1.82, 2.24) is 5.32 Å². The topological polar surface area (TPSA) is 46.2 Å². The number of hydrogen-bond donors (Lipinski definition) is 1. The Morgan fingerprint density at radius 2 is 2.22 bits per heavy atom. The minimum Gasteiger partial charge on any atom is -0.316 e. The molecule has 1 fully saturated rings. The second-order valence-corrected chi connectivity index (χ2v) is 7.36. The molecule has 1 aromatic carbocycles. The van der Waals surface area contributed by atoms with E-state index in [4.69, 9.17) is 11.6 Å². The SMILES string of the molecule is CS(=O)(=O)c1ccc(Cl)c(CC2CCCNC2)c1. The van der Waals surface area contributed by atoms with Gasteiger partial charge in [0, 0.05) is 11.3 Å². The van der Waals surface area contributed by atoms with Crippen LogP contribution < -0.4 is 5.32 Å². The molecule has 0 amide bonds. The van der Waals surface area contributed by atoms with Crippen LogP contribution >= 0.6 is 11.6 Å².